The van der Waals surface area contributed by atoms with Crippen LogP contribution in [0.25, 0.3) is 6.08 Å². The number of anilines is 1. The molecule has 2 aromatic rings. The molecule has 0 heterocycles. The molecule has 29 heavy (non-hydrogen) atoms. The number of halogens is 1. The van der Waals surface area contributed by atoms with Crippen LogP contribution >= 0.6 is 15.9 Å². The lowest BCUT2D eigenvalue weighted by Crippen LogP contribution is -2.13. The number of methoxy groups -OCH3 is 1. The van der Waals surface area contributed by atoms with Crippen LogP contribution in [0.15, 0.2) is 46.4 Å². The van der Waals surface area contributed by atoms with Gasteiger partial charge in [-0.1, -0.05) is 21.9 Å². The molecule has 0 spiro atoms. The van der Waals surface area contributed by atoms with E-state index >= 15 is 0 Å². The van der Waals surface area contributed by atoms with Crippen molar-refractivity contribution >= 4 is 33.6 Å². The van der Waals surface area contributed by atoms with Gasteiger partial charge in [-0.2, -0.15) is 5.26 Å². The molecule has 1 N–H and O–H groups in total. The van der Waals surface area contributed by atoms with Crippen molar-refractivity contribution in [2.75, 3.05) is 25.6 Å². The number of hydrogen-bond acceptors (Lipinski definition) is 5. The lowest BCUT2D eigenvalue weighted by atomic mass is 10.1. The van der Waals surface area contributed by atoms with Gasteiger partial charge in [0.05, 0.1) is 13.7 Å². The summed E-state index contributed by atoms with van der Waals surface area (Å²) in [5.41, 5.74) is 1.06. The van der Waals surface area contributed by atoms with Crippen LogP contribution in [0.5, 0.6) is 17.2 Å². The lowest BCUT2D eigenvalue weighted by Gasteiger charge is -2.13. The van der Waals surface area contributed by atoms with Crippen molar-refractivity contribution in [3.63, 3.8) is 0 Å². The number of hydrogen-bond donors (Lipinski definition) is 1. The van der Waals surface area contributed by atoms with Gasteiger partial charge >= 0.3 is 0 Å². The third-order valence-electron chi connectivity index (χ3n) is 3.69. The van der Waals surface area contributed by atoms with Crippen LogP contribution in [0, 0.1) is 23.7 Å². The number of terminal acetylenes is 1. The van der Waals surface area contributed by atoms with Gasteiger partial charge in [-0.15, -0.1) is 6.42 Å². The number of amides is 1. The Morgan fingerprint density at radius 2 is 1.93 bits per heavy atom. The Labute approximate surface area is 178 Å². The average Bonchev–Trinajstić information content (AvgIpc) is 2.73. The van der Waals surface area contributed by atoms with Crippen molar-refractivity contribution in [1.82, 2.24) is 0 Å². The SMILES string of the molecule is C#CCOc1cc(Br)c(/C=C(\C#N)C(=O)Nc2ccc(OC)cc2)cc1OCC. The summed E-state index contributed by atoms with van der Waals surface area (Å²) in [7, 11) is 1.56. The Hall–Kier alpha value is -3.42. The van der Waals surface area contributed by atoms with Gasteiger partial charge in [0.1, 0.15) is 24.0 Å². The highest BCUT2D eigenvalue weighted by Crippen LogP contribution is 2.35. The van der Waals surface area contributed by atoms with E-state index in [0.29, 0.717) is 39.6 Å². The van der Waals surface area contributed by atoms with Crippen molar-refractivity contribution in [3.05, 3.63) is 52.0 Å². The largest absolute Gasteiger partial charge is 0.497 e. The van der Waals surface area contributed by atoms with E-state index in [1.807, 2.05) is 13.0 Å². The first-order valence-corrected chi connectivity index (χ1v) is 9.41. The predicted molar refractivity (Wildman–Crippen MR) is 115 cm³/mol. The maximum Gasteiger partial charge on any atom is 0.266 e. The normalized spacial score (nSPS) is 10.4. The molecule has 7 heteroatoms. The highest BCUT2D eigenvalue weighted by molar-refractivity contribution is 9.10. The van der Waals surface area contributed by atoms with Crippen molar-refractivity contribution in [2.24, 2.45) is 0 Å². The standard InChI is InChI=1S/C22H19BrN2O4/c1-4-10-29-21-13-19(23)15(12-20(21)28-5-2)11-16(14-24)22(26)25-17-6-8-18(27-3)9-7-17/h1,6-9,11-13H,5,10H2,2-3H3,(H,25,26)/b16-11+. The average molecular weight is 455 g/mol. The van der Waals surface area contributed by atoms with E-state index in [0.717, 1.165) is 0 Å². The number of carbonyl (C=O) groups is 1. The van der Waals surface area contributed by atoms with Gasteiger partial charge in [-0.05, 0) is 55.0 Å². The Balaban J connectivity index is 2.30. The minimum absolute atomic E-state index is 0.0683. The fraction of sp³-hybridized carbons (Fsp3) is 0.182. The number of benzene rings is 2. The van der Waals surface area contributed by atoms with E-state index in [9.17, 15) is 10.1 Å². The number of ether oxygens (including phenoxy) is 3. The second-order valence-corrected chi connectivity index (χ2v) is 6.45. The molecule has 0 unspecified atom stereocenters. The molecule has 0 bridgehead atoms. The maximum absolute atomic E-state index is 12.5. The van der Waals surface area contributed by atoms with Gasteiger partial charge in [0.15, 0.2) is 11.5 Å². The summed E-state index contributed by atoms with van der Waals surface area (Å²) >= 11 is 3.43. The van der Waals surface area contributed by atoms with Gasteiger partial charge in [0, 0.05) is 10.2 Å². The van der Waals surface area contributed by atoms with Crippen LogP contribution in [0.2, 0.25) is 0 Å². The topological polar surface area (TPSA) is 80.6 Å². The van der Waals surface area contributed by atoms with Crippen LogP contribution in [-0.2, 0) is 4.79 Å². The fourth-order valence-corrected chi connectivity index (χ4v) is 2.78. The van der Waals surface area contributed by atoms with Crippen molar-refractivity contribution < 1.29 is 19.0 Å². The quantitative estimate of drug-likeness (QED) is 0.362. The Kier molecular flexibility index (Phi) is 8.14. The lowest BCUT2D eigenvalue weighted by molar-refractivity contribution is -0.112. The van der Waals surface area contributed by atoms with Crippen LogP contribution < -0.4 is 19.5 Å². The van der Waals surface area contributed by atoms with E-state index in [1.54, 1.807) is 43.5 Å². The predicted octanol–water partition coefficient (Wildman–Crippen LogP) is 4.41. The summed E-state index contributed by atoms with van der Waals surface area (Å²) in [5.74, 6) is 3.46. The minimum atomic E-state index is -0.532. The van der Waals surface area contributed by atoms with E-state index in [1.165, 1.54) is 6.08 Å². The van der Waals surface area contributed by atoms with Crippen LogP contribution in [0.4, 0.5) is 5.69 Å². The Morgan fingerprint density at radius 1 is 1.24 bits per heavy atom. The molecular weight excluding hydrogens is 436 g/mol. The van der Waals surface area contributed by atoms with E-state index in [2.05, 4.69) is 27.2 Å². The number of nitrogens with one attached hydrogen (secondary N) is 1. The zero-order valence-electron chi connectivity index (χ0n) is 16.0. The third-order valence-corrected chi connectivity index (χ3v) is 4.37. The van der Waals surface area contributed by atoms with Gasteiger partial charge < -0.3 is 19.5 Å². The molecule has 0 radical (unpaired) electrons. The third kappa shape index (κ3) is 6.03. The molecule has 148 valence electrons. The molecule has 0 aliphatic rings. The van der Waals surface area contributed by atoms with E-state index in [4.69, 9.17) is 20.6 Å². The summed E-state index contributed by atoms with van der Waals surface area (Å²) in [6.45, 7) is 2.35. The van der Waals surface area contributed by atoms with Crippen molar-refractivity contribution in [3.8, 4) is 35.7 Å². The van der Waals surface area contributed by atoms with Gasteiger partial charge in [0.2, 0.25) is 0 Å². The monoisotopic (exact) mass is 454 g/mol. The molecule has 1 amide bonds. The number of rotatable bonds is 8. The molecule has 0 fully saturated rings. The van der Waals surface area contributed by atoms with Gasteiger partial charge in [-0.25, -0.2) is 0 Å². The fourth-order valence-electron chi connectivity index (χ4n) is 2.34. The first kappa shape index (κ1) is 21.9. The molecule has 0 saturated heterocycles. The van der Waals surface area contributed by atoms with Crippen LogP contribution in [0.3, 0.4) is 0 Å². The summed E-state index contributed by atoms with van der Waals surface area (Å²) in [4.78, 5) is 12.5. The zero-order chi connectivity index (χ0) is 21.2. The summed E-state index contributed by atoms with van der Waals surface area (Å²) in [5, 5.41) is 12.1. The molecule has 0 aliphatic carbocycles. The Bertz CT molecular complexity index is 986. The molecule has 2 rings (SSSR count). The van der Waals surface area contributed by atoms with Crippen molar-refractivity contribution in [2.45, 2.75) is 6.92 Å². The smallest absolute Gasteiger partial charge is 0.266 e. The van der Waals surface area contributed by atoms with Crippen LogP contribution in [0.1, 0.15) is 12.5 Å². The summed E-state index contributed by atoms with van der Waals surface area (Å²) < 4.78 is 16.8. The summed E-state index contributed by atoms with van der Waals surface area (Å²) in [6, 6.07) is 12.1. The minimum Gasteiger partial charge on any atom is -0.497 e. The highest BCUT2D eigenvalue weighted by Gasteiger charge is 2.14. The number of carbonyl (C=O) groups excluding carboxylic acids is 1. The molecule has 2 aromatic carbocycles. The second-order valence-electron chi connectivity index (χ2n) is 5.60. The molecular formula is C22H19BrN2O4. The molecule has 0 saturated carbocycles. The number of nitriles is 1. The molecule has 0 aliphatic heterocycles. The van der Waals surface area contributed by atoms with Gasteiger partial charge in [-0.3, -0.25) is 4.79 Å². The van der Waals surface area contributed by atoms with E-state index < -0.39 is 5.91 Å². The van der Waals surface area contributed by atoms with E-state index in [-0.39, 0.29) is 12.2 Å². The number of nitrogens with zero attached hydrogens (tertiary/aromatic N) is 1. The summed E-state index contributed by atoms with van der Waals surface area (Å²) in [6.07, 6.45) is 6.71. The first-order chi connectivity index (χ1) is 14.0. The highest BCUT2D eigenvalue weighted by atomic mass is 79.9. The Morgan fingerprint density at radius 3 is 2.52 bits per heavy atom. The molecule has 6 nitrogen and oxygen atoms in total. The zero-order valence-corrected chi connectivity index (χ0v) is 17.6. The molecule has 0 aromatic heterocycles. The van der Waals surface area contributed by atoms with Crippen LogP contribution in [-0.4, -0.2) is 26.2 Å². The maximum atomic E-state index is 12.5. The first-order valence-electron chi connectivity index (χ1n) is 8.62. The van der Waals surface area contributed by atoms with Gasteiger partial charge in [0.25, 0.3) is 5.91 Å². The second kappa shape index (κ2) is 10.8. The molecule has 0 atom stereocenters. The van der Waals surface area contributed by atoms with Crippen molar-refractivity contribution in [1.29, 1.82) is 5.26 Å².